The molecule has 1 heterocycles. The van der Waals surface area contributed by atoms with Gasteiger partial charge >= 0.3 is 5.97 Å². The zero-order chi connectivity index (χ0) is 14.6. The van der Waals surface area contributed by atoms with Gasteiger partial charge < -0.3 is 4.74 Å². The summed E-state index contributed by atoms with van der Waals surface area (Å²) in [6.45, 7) is 4.26. The average molecular weight is 408 g/mol. The molecule has 0 amide bonds. The van der Waals surface area contributed by atoms with Crippen molar-refractivity contribution in [1.29, 1.82) is 0 Å². The van der Waals surface area contributed by atoms with Crippen LogP contribution in [0.1, 0.15) is 31.7 Å². The molecule has 2 rings (SSSR count). The Morgan fingerprint density at radius 1 is 1.35 bits per heavy atom. The first-order chi connectivity index (χ1) is 9.55. The molecule has 0 unspecified atom stereocenters. The van der Waals surface area contributed by atoms with Crippen molar-refractivity contribution in [2.24, 2.45) is 0 Å². The number of halogens is 2. The van der Waals surface area contributed by atoms with Crippen LogP contribution >= 0.6 is 34.5 Å². The van der Waals surface area contributed by atoms with Gasteiger partial charge in [0.05, 0.1) is 13.0 Å². The maximum absolute atomic E-state index is 12.0. The Morgan fingerprint density at radius 2 is 1.95 bits per heavy atom. The molecule has 0 saturated carbocycles. The van der Waals surface area contributed by atoms with Crippen molar-refractivity contribution in [2.75, 3.05) is 19.7 Å². The Hall–Kier alpha value is -0.330. The molecule has 1 aliphatic heterocycles. The molecule has 0 aromatic heterocycles. The normalized spacial score (nSPS) is 18.8. The maximum atomic E-state index is 12.0. The lowest BCUT2D eigenvalue weighted by atomic mass is 9.71. The molecule has 110 valence electrons. The highest BCUT2D eigenvalue weighted by Gasteiger charge is 2.38. The van der Waals surface area contributed by atoms with E-state index >= 15 is 0 Å². The molecule has 3 nitrogen and oxygen atoms in total. The van der Waals surface area contributed by atoms with Gasteiger partial charge in [-0.05, 0) is 37.5 Å². The molecule has 0 bridgehead atoms. The lowest BCUT2D eigenvalue weighted by molar-refractivity contribution is -0.145. The van der Waals surface area contributed by atoms with Gasteiger partial charge in [-0.3, -0.25) is 4.79 Å². The zero-order valence-corrected chi connectivity index (χ0v) is 14.5. The smallest absolute Gasteiger partial charge is 0.306 e. The Kier molecular flexibility index (Phi) is 5.69. The Bertz CT molecular complexity index is 455. The van der Waals surface area contributed by atoms with Gasteiger partial charge in [0.1, 0.15) is 0 Å². The van der Waals surface area contributed by atoms with Gasteiger partial charge in [0.15, 0.2) is 0 Å². The number of nitrogens with zero attached hydrogens (tertiary/aromatic N) is 1. The molecule has 0 atom stereocenters. The van der Waals surface area contributed by atoms with Gasteiger partial charge in [-0.25, -0.2) is 3.11 Å². The lowest BCUT2D eigenvalue weighted by Crippen LogP contribution is -2.40. The first-order valence-corrected chi connectivity index (χ1v) is 8.22. The van der Waals surface area contributed by atoms with Gasteiger partial charge in [0, 0.05) is 46.4 Å². The number of ether oxygens (including phenoxy) is 1. The molecule has 0 spiro atoms. The van der Waals surface area contributed by atoms with Crippen molar-refractivity contribution in [2.45, 2.75) is 31.6 Å². The Balaban J connectivity index is 2.24. The second kappa shape index (κ2) is 7.09. The van der Waals surface area contributed by atoms with Crippen LogP contribution in [0.15, 0.2) is 24.3 Å². The summed E-state index contributed by atoms with van der Waals surface area (Å²) >= 11 is 8.32. The van der Waals surface area contributed by atoms with Crippen molar-refractivity contribution >= 4 is 40.4 Å². The number of hydrogen-bond donors (Lipinski definition) is 0. The van der Waals surface area contributed by atoms with Gasteiger partial charge in [0.25, 0.3) is 0 Å². The van der Waals surface area contributed by atoms with E-state index in [9.17, 15) is 4.79 Å². The highest BCUT2D eigenvalue weighted by atomic mass is 127. The third-order valence-electron chi connectivity index (χ3n) is 3.91. The number of hydrogen-bond acceptors (Lipinski definition) is 3. The summed E-state index contributed by atoms with van der Waals surface area (Å²) in [5.74, 6) is -0.107. The van der Waals surface area contributed by atoms with Crippen LogP contribution in [0, 0.1) is 0 Å². The third-order valence-corrected chi connectivity index (χ3v) is 5.13. The van der Waals surface area contributed by atoms with Gasteiger partial charge in [-0.15, -0.1) is 0 Å². The Labute approximate surface area is 139 Å². The van der Waals surface area contributed by atoms with E-state index in [0.29, 0.717) is 13.0 Å². The van der Waals surface area contributed by atoms with E-state index in [1.54, 1.807) is 0 Å². The summed E-state index contributed by atoms with van der Waals surface area (Å²) in [5.41, 5.74) is 1.08. The molecule has 20 heavy (non-hydrogen) atoms. The van der Waals surface area contributed by atoms with Crippen molar-refractivity contribution < 1.29 is 9.53 Å². The molecule has 1 saturated heterocycles. The molecular weight excluding hydrogens is 389 g/mol. The minimum absolute atomic E-state index is 0.107. The minimum Gasteiger partial charge on any atom is -0.466 e. The highest BCUT2D eigenvalue weighted by molar-refractivity contribution is 14.1. The van der Waals surface area contributed by atoms with Crippen LogP contribution in [-0.2, 0) is 14.9 Å². The zero-order valence-electron chi connectivity index (χ0n) is 11.6. The van der Waals surface area contributed by atoms with Gasteiger partial charge in [-0.2, -0.15) is 0 Å². The predicted molar refractivity (Wildman–Crippen MR) is 89.2 cm³/mol. The van der Waals surface area contributed by atoms with E-state index in [4.69, 9.17) is 16.3 Å². The van der Waals surface area contributed by atoms with E-state index in [1.807, 2.05) is 31.2 Å². The molecule has 1 aromatic rings. The summed E-state index contributed by atoms with van der Waals surface area (Å²) in [6.07, 6.45) is 2.39. The Morgan fingerprint density at radius 3 is 2.50 bits per heavy atom. The van der Waals surface area contributed by atoms with Crippen LogP contribution in [0.2, 0.25) is 5.02 Å². The van der Waals surface area contributed by atoms with Crippen LogP contribution < -0.4 is 0 Å². The topological polar surface area (TPSA) is 29.5 Å². The van der Waals surface area contributed by atoms with E-state index in [0.717, 1.165) is 31.0 Å². The molecule has 5 heteroatoms. The van der Waals surface area contributed by atoms with E-state index in [2.05, 4.69) is 26.0 Å². The minimum atomic E-state index is -0.113. The number of piperidine rings is 1. The molecule has 0 radical (unpaired) electrons. The number of esters is 1. The number of benzene rings is 1. The summed E-state index contributed by atoms with van der Waals surface area (Å²) in [6, 6.07) is 7.90. The second-order valence-electron chi connectivity index (χ2n) is 5.18. The molecule has 1 aromatic carbocycles. The van der Waals surface area contributed by atoms with Gasteiger partial charge in [-0.1, -0.05) is 23.7 Å². The summed E-state index contributed by atoms with van der Waals surface area (Å²) in [7, 11) is 0. The average Bonchev–Trinajstić information content (AvgIpc) is 2.43. The van der Waals surface area contributed by atoms with E-state index < -0.39 is 0 Å². The molecule has 1 aliphatic rings. The van der Waals surface area contributed by atoms with E-state index in [-0.39, 0.29) is 11.4 Å². The second-order valence-corrected chi connectivity index (χ2v) is 6.98. The number of rotatable bonds is 4. The number of carbonyl (C=O) groups excluding carboxylic acids is 1. The fourth-order valence-corrected chi connectivity index (χ4v) is 3.38. The molecule has 0 aliphatic carbocycles. The third kappa shape index (κ3) is 3.86. The SMILES string of the molecule is CCOC(=O)CC1(c2ccc(Cl)cc2)CCN(I)CC1. The summed E-state index contributed by atoms with van der Waals surface area (Å²) in [4.78, 5) is 12.0. The fourth-order valence-electron chi connectivity index (χ4n) is 2.77. The van der Waals surface area contributed by atoms with Crippen LogP contribution in [0.3, 0.4) is 0 Å². The van der Waals surface area contributed by atoms with Gasteiger partial charge in [0.2, 0.25) is 0 Å². The standard InChI is InChI=1S/C15H19ClINO2/c1-2-20-14(19)11-15(7-9-18(17)10-8-15)12-3-5-13(16)6-4-12/h3-6H,2,7-11H2,1H3. The lowest BCUT2D eigenvalue weighted by Gasteiger charge is -2.39. The first-order valence-electron chi connectivity index (χ1n) is 6.88. The summed E-state index contributed by atoms with van der Waals surface area (Å²) in [5, 5.41) is 0.728. The van der Waals surface area contributed by atoms with Crippen molar-refractivity contribution in [3.63, 3.8) is 0 Å². The van der Waals surface area contributed by atoms with Crippen molar-refractivity contribution in [1.82, 2.24) is 3.11 Å². The first kappa shape index (κ1) is 16.0. The monoisotopic (exact) mass is 407 g/mol. The molecule has 0 N–H and O–H groups in total. The largest absolute Gasteiger partial charge is 0.466 e. The van der Waals surface area contributed by atoms with Crippen LogP contribution in [0.4, 0.5) is 0 Å². The quantitative estimate of drug-likeness (QED) is 0.430. The fraction of sp³-hybridized carbons (Fsp3) is 0.533. The molecular formula is C15H19ClINO2. The predicted octanol–water partition coefficient (Wildman–Crippen LogP) is 3.98. The van der Waals surface area contributed by atoms with Crippen LogP contribution in [0.5, 0.6) is 0 Å². The van der Waals surface area contributed by atoms with Crippen molar-refractivity contribution in [3.8, 4) is 0 Å². The maximum Gasteiger partial charge on any atom is 0.306 e. The number of carbonyl (C=O) groups is 1. The highest BCUT2D eigenvalue weighted by Crippen LogP contribution is 2.40. The van der Waals surface area contributed by atoms with Crippen LogP contribution in [0.25, 0.3) is 0 Å². The van der Waals surface area contributed by atoms with Crippen molar-refractivity contribution in [3.05, 3.63) is 34.9 Å². The molecule has 1 fully saturated rings. The van der Waals surface area contributed by atoms with E-state index in [1.165, 1.54) is 5.56 Å². The summed E-state index contributed by atoms with van der Waals surface area (Å²) < 4.78 is 7.44. The van der Waals surface area contributed by atoms with Crippen LogP contribution in [-0.4, -0.2) is 28.8 Å².